The third-order valence-corrected chi connectivity index (χ3v) is 12.5. The molecule has 0 spiro atoms. The van der Waals surface area contributed by atoms with Gasteiger partial charge in [-0.1, -0.05) is 113 Å². The molecule has 0 amide bonds. The van der Waals surface area contributed by atoms with Crippen LogP contribution in [-0.2, 0) is 31.1 Å². The number of benzene rings is 4. The van der Waals surface area contributed by atoms with Gasteiger partial charge in [0, 0.05) is 52.5 Å². The van der Waals surface area contributed by atoms with Crippen LogP contribution in [0.15, 0.2) is 109 Å². The molecule has 0 N–H and O–H groups in total. The van der Waals surface area contributed by atoms with Crippen molar-refractivity contribution in [2.45, 2.75) is 83.1 Å². The van der Waals surface area contributed by atoms with Crippen molar-refractivity contribution in [3.8, 4) is 0 Å². The number of hydrogen-bond donors (Lipinski definition) is 0. The molecule has 4 aromatic carbocycles. The van der Waals surface area contributed by atoms with E-state index < -0.39 is 20.2 Å². The molecule has 6 rings (SSSR count). The fourth-order valence-electron chi connectivity index (χ4n) is 8.53. The second kappa shape index (κ2) is 18.7. The van der Waals surface area contributed by atoms with Gasteiger partial charge >= 0.3 is 59.1 Å². The van der Waals surface area contributed by atoms with Crippen LogP contribution in [0.1, 0.15) is 77.3 Å². The molecule has 2 aliphatic heterocycles. The quantitative estimate of drug-likeness (QED) is 0.0780. The van der Waals surface area contributed by atoms with Crippen LogP contribution in [0.5, 0.6) is 0 Å². The summed E-state index contributed by atoms with van der Waals surface area (Å²) in [5.74, 6) is -0.702. The Labute approximate surface area is 372 Å². The molecule has 0 saturated heterocycles. The molecule has 8 nitrogen and oxygen atoms in total. The molecular formula is C43H50N2Na2O6S2. The summed E-state index contributed by atoms with van der Waals surface area (Å²) in [5, 5.41) is 4.80. The van der Waals surface area contributed by atoms with Gasteiger partial charge in [-0.25, -0.2) is 16.8 Å². The summed E-state index contributed by atoms with van der Waals surface area (Å²) >= 11 is 0. The number of allylic oxidation sites excluding steroid dienone is 5. The van der Waals surface area contributed by atoms with Crippen molar-refractivity contribution in [3.63, 3.8) is 0 Å². The first-order valence-electron chi connectivity index (χ1n) is 18.6. The van der Waals surface area contributed by atoms with Gasteiger partial charge in [0.15, 0.2) is 0 Å². The van der Waals surface area contributed by atoms with Crippen LogP contribution in [0.3, 0.4) is 0 Å². The average molecular weight is 801 g/mol. The molecule has 2 heterocycles. The Bertz CT molecular complexity index is 2300. The summed E-state index contributed by atoms with van der Waals surface area (Å²) < 4.78 is 67.6. The summed E-state index contributed by atoms with van der Waals surface area (Å²) in [6, 6.07) is 25.5. The van der Waals surface area contributed by atoms with Crippen LogP contribution in [-0.4, -0.2) is 56.6 Å². The van der Waals surface area contributed by atoms with Gasteiger partial charge in [0.05, 0.1) is 26.3 Å². The van der Waals surface area contributed by atoms with E-state index in [0.717, 1.165) is 29.9 Å². The fourth-order valence-corrected chi connectivity index (χ4v) is 9.64. The Hall–Kier alpha value is -1.96. The van der Waals surface area contributed by atoms with Gasteiger partial charge < -0.3 is 18.9 Å². The van der Waals surface area contributed by atoms with Gasteiger partial charge in [-0.2, -0.15) is 0 Å². The smallest absolute Gasteiger partial charge is 0.748 e. The third-order valence-electron chi connectivity index (χ3n) is 11.0. The van der Waals surface area contributed by atoms with Crippen LogP contribution >= 0.6 is 0 Å². The van der Waals surface area contributed by atoms with E-state index in [4.69, 9.17) is 0 Å². The number of unbranched alkanes of at least 4 members (excludes halogenated alkanes) is 3. The van der Waals surface area contributed by atoms with Crippen LogP contribution in [0.4, 0.5) is 11.4 Å². The molecule has 0 saturated carbocycles. The minimum absolute atomic E-state index is 0. The Morgan fingerprint density at radius 2 is 1.18 bits per heavy atom. The van der Waals surface area contributed by atoms with Gasteiger partial charge in [0.1, 0.15) is 0 Å². The molecule has 0 aliphatic carbocycles. The molecule has 1 atom stereocenters. The first-order valence-corrected chi connectivity index (χ1v) is 21.7. The zero-order valence-corrected chi connectivity index (χ0v) is 38.8. The van der Waals surface area contributed by atoms with E-state index in [9.17, 15) is 25.9 Å². The van der Waals surface area contributed by atoms with Crippen LogP contribution < -0.4 is 68.9 Å². The van der Waals surface area contributed by atoms with E-state index in [-0.39, 0.29) is 87.5 Å². The van der Waals surface area contributed by atoms with Crippen molar-refractivity contribution in [3.05, 3.63) is 120 Å². The van der Waals surface area contributed by atoms with E-state index in [0.29, 0.717) is 38.8 Å². The maximum atomic E-state index is 11.3. The largest absolute Gasteiger partial charge is 1.00 e. The van der Waals surface area contributed by atoms with Crippen LogP contribution in [0.2, 0.25) is 0 Å². The van der Waals surface area contributed by atoms with Crippen molar-refractivity contribution in [2.24, 2.45) is 0 Å². The van der Waals surface area contributed by atoms with Crippen molar-refractivity contribution in [1.29, 1.82) is 0 Å². The molecule has 2 aliphatic rings. The van der Waals surface area contributed by atoms with Gasteiger partial charge in [-0.15, -0.1) is 0 Å². The standard InChI is InChI=1S/C43H52N2O6S2.2Na/c1-42(2)38(44(28-14-16-30-52(46,47)48)36-26-24-32-18-10-12-20-34(32)40(36)42)22-8-6-5-7-9-23-39-43(3,4)41-35-21-13-11-19-33(35)25-27-37(41)45(39)29-15-17-31-53(49,50)51;;/h6,8-13,18-27,39H,5,7,14-17,28-31H2,1-4H3,(H,46,47,48)(H,49,50,51);;/q;2*+1/p-2/b8-6+,23-9+,38-22-;;. The predicted octanol–water partition coefficient (Wildman–Crippen LogP) is 2.69. The van der Waals surface area contributed by atoms with Crippen LogP contribution in [0, 0.1) is 0 Å². The summed E-state index contributed by atoms with van der Waals surface area (Å²) in [7, 11) is -8.50. The van der Waals surface area contributed by atoms with Crippen LogP contribution in [0.25, 0.3) is 21.5 Å². The SMILES string of the molecule is CC1(C)/C(=C/C=C/CC/C=C/C2N(CCCCS(=O)(=O)[O-])c3ccc4ccccc4c3C2(C)C)N(CCCCS(=O)(=O)[O-])c2ccc3ccccc3c21.[Na+].[Na+]. The summed E-state index contributed by atoms with van der Waals surface area (Å²) in [4.78, 5) is 4.66. The summed E-state index contributed by atoms with van der Waals surface area (Å²) in [6.45, 7) is 10.3. The average Bonchev–Trinajstić information content (AvgIpc) is 3.45. The molecule has 12 heteroatoms. The van der Waals surface area contributed by atoms with Gasteiger partial charge in [0.2, 0.25) is 0 Å². The number of nitrogens with zero attached hydrogens (tertiary/aromatic N) is 2. The van der Waals surface area contributed by atoms with Crippen molar-refractivity contribution in [1.82, 2.24) is 0 Å². The zero-order chi connectivity index (χ0) is 38.0. The first kappa shape index (κ1) is 45.7. The number of rotatable bonds is 15. The van der Waals surface area contributed by atoms with E-state index in [1.807, 2.05) is 6.07 Å². The second-order valence-corrected chi connectivity index (χ2v) is 18.5. The fraction of sp³-hybridized carbons (Fsp3) is 0.395. The Morgan fingerprint density at radius 1 is 0.655 bits per heavy atom. The molecule has 0 fully saturated rings. The number of hydrogen-bond acceptors (Lipinski definition) is 8. The van der Waals surface area contributed by atoms with Crippen molar-refractivity contribution < 1.29 is 85.1 Å². The predicted molar refractivity (Wildman–Crippen MR) is 216 cm³/mol. The first-order chi connectivity index (χ1) is 25.1. The normalized spacial score (nSPS) is 18.3. The minimum atomic E-state index is -4.25. The third kappa shape index (κ3) is 10.4. The topological polar surface area (TPSA) is 121 Å². The molecule has 0 bridgehead atoms. The number of anilines is 2. The molecule has 282 valence electrons. The number of fused-ring (bicyclic) bond motifs is 6. The molecule has 4 aromatic rings. The maximum absolute atomic E-state index is 11.3. The Balaban J connectivity index is 0.00000336. The maximum Gasteiger partial charge on any atom is 1.00 e. The zero-order valence-electron chi connectivity index (χ0n) is 33.1. The molecule has 0 aromatic heterocycles. The van der Waals surface area contributed by atoms with Gasteiger partial charge in [-0.05, 0) is 89.4 Å². The summed E-state index contributed by atoms with van der Waals surface area (Å²) in [6.07, 6.45) is 14.5. The summed E-state index contributed by atoms with van der Waals surface area (Å²) in [5.41, 5.74) is 5.47. The molecular weight excluding hydrogens is 751 g/mol. The molecule has 55 heavy (non-hydrogen) atoms. The molecule has 0 radical (unpaired) electrons. The van der Waals surface area contributed by atoms with E-state index in [2.05, 4.69) is 135 Å². The van der Waals surface area contributed by atoms with Crippen molar-refractivity contribution >= 4 is 53.2 Å². The Morgan fingerprint density at radius 3 is 1.78 bits per heavy atom. The van der Waals surface area contributed by atoms with E-state index in [1.54, 1.807) is 0 Å². The van der Waals surface area contributed by atoms with Gasteiger partial charge in [0.25, 0.3) is 0 Å². The molecule has 1 unspecified atom stereocenters. The van der Waals surface area contributed by atoms with E-state index in [1.165, 1.54) is 32.7 Å². The van der Waals surface area contributed by atoms with Crippen molar-refractivity contribution in [2.75, 3.05) is 34.4 Å². The Kier molecular flexibility index (Phi) is 15.6. The van der Waals surface area contributed by atoms with E-state index >= 15 is 0 Å². The second-order valence-electron chi connectivity index (χ2n) is 15.4. The van der Waals surface area contributed by atoms with Gasteiger partial charge in [-0.3, -0.25) is 0 Å². The minimum Gasteiger partial charge on any atom is -0.748 e. The monoisotopic (exact) mass is 800 g/mol.